The lowest BCUT2D eigenvalue weighted by Gasteiger charge is -2.37. The van der Waals surface area contributed by atoms with Gasteiger partial charge < -0.3 is 9.88 Å². The monoisotopic (exact) mass is 401 g/mol. The molecule has 0 spiro atoms. The Bertz CT molecular complexity index is 1170. The fraction of sp³-hybridized carbons (Fsp3) is 0.346. The molecule has 3 aromatic rings. The first-order valence-corrected chi connectivity index (χ1v) is 10.8. The molecule has 0 radical (unpaired) electrons. The fourth-order valence-electron chi connectivity index (χ4n) is 5.03. The average molecular weight is 402 g/mol. The molecule has 3 nitrogen and oxygen atoms in total. The molecule has 2 atom stereocenters. The molecule has 1 aliphatic carbocycles. The lowest BCUT2D eigenvalue weighted by atomic mass is 9.89. The molecule has 1 saturated heterocycles. The number of likely N-dealkylation sites (tertiary alicyclic amines) is 1. The molecule has 1 unspecified atom stereocenters. The molecule has 1 aromatic heterocycles. The number of aromatic amines is 1. The van der Waals surface area contributed by atoms with E-state index in [1.807, 2.05) is 12.1 Å². The first-order valence-electron chi connectivity index (χ1n) is 10.8. The smallest absolute Gasteiger partial charge is 0.132 e. The van der Waals surface area contributed by atoms with Gasteiger partial charge in [0.05, 0.1) is 16.6 Å². The van der Waals surface area contributed by atoms with Crippen LogP contribution in [0.2, 0.25) is 0 Å². The first kappa shape index (κ1) is 19.1. The highest BCUT2D eigenvalue weighted by Gasteiger charge is 2.41. The van der Waals surface area contributed by atoms with Crippen molar-refractivity contribution in [1.29, 1.82) is 0 Å². The number of halogens is 1. The number of fused-ring (bicyclic) bond motifs is 1. The Morgan fingerprint density at radius 3 is 2.83 bits per heavy atom. The predicted octanol–water partition coefficient (Wildman–Crippen LogP) is 6.26. The van der Waals surface area contributed by atoms with E-state index in [2.05, 4.69) is 61.0 Å². The largest absolute Gasteiger partial charge is 0.359 e. The zero-order chi connectivity index (χ0) is 20.9. The maximum Gasteiger partial charge on any atom is 0.132 e. The van der Waals surface area contributed by atoms with E-state index in [4.69, 9.17) is 4.98 Å². The zero-order valence-electron chi connectivity index (χ0n) is 17.9. The second-order valence-electron chi connectivity index (χ2n) is 8.88. The number of rotatable bonds is 3. The molecular formula is C26H28FN3. The van der Waals surface area contributed by atoms with Gasteiger partial charge in [-0.2, -0.15) is 0 Å². The third-order valence-corrected chi connectivity index (χ3v) is 7.00. The molecule has 2 aliphatic rings. The normalized spacial score (nSPS) is 23.9. The van der Waals surface area contributed by atoms with Crippen molar-refractivity contribution in [3.63, 3.8) is 0 Å². The molecule has 30 heavy (non-hydrogen) atoms. The Kier molecular flexibility index (Phi) is 4.53. The van der Waals surface area contributed by atoms with Gasteiger partial charge in [0.25, 0.3) is 0 Å². The van der Waals surface area contributed by atoms with E-state index in [1.165, 1.54) is 16.8 Å². The van der Waals surface area contributed by atoms with Crippen molar-refractivity contribution in [3.05, 3.63) is 88.7 Å². The van der Waals surface area contributed by atoms with E-state index in [0.717, 1.165) is 48.2 Å². The summed E-state index contributed by atoms with van der Waals surface area (Å²) in [7, 11) is 0. The van der Waals surface area contributed by atoms with Crippen molar-refractivity contribution >= 4 is 11.0 Å². The molecule has 1 N–H and O–H groups in total. The van der Waals surface area contributed by atoms with Gasteiger partial charge in [-0.1, -0.05) is 36.4 Å². The van der Waals surface area contributed by atoms with Crippen LogP contribution in [0.15, 0.2) is 60.3 Å². The standard InChI is InChI=1S/C26H28FN3/c1-17-12-13-23-24(18(17)2)29-25(28-23)26(3)14-7-15-30(26)20-9-6-8-19(16-20)21-10-4-5-11-22(21)27/h4-6,9-13,16,19H,7-8,14-15H2,1-3H3,(H,28,29)/t19?,26-/m0/s1. The summed E-state index contributed by atoms with van der Waals surface area (Å²) in [4.78, 5) is 11.1. The minimum Gasteiger partial charge on any atom is -0.359 e. The number of nitrogens with one attached hydrogen (secondary N) is 1. The molecule has 0 saturated carbocycles. The number of allylic oxidation sites excluding steroid dienone is 3. The van der Waals surface area contributed by atoms with Gasteiger partial charge in [0, 0.05) is 18.2 Å². The summed E-state index contributed by atoms with van der Waals surface area (Å²) in [5.41, 5.74) is 6.40. The number of aryl methyl sites for hydroxylation is 2. The summed E-state index contributed by atoms with van der Waals surface area (Å²) in [6.45, 7) is 7.53. The number of benzene rings is 2. The third-order valence-electron chi connectivity index (χ3n) is 7.00. The highest BCUT2D eigenvalue weighted by Crippen LogP contribution is 2.43. The molecule has 154 valence electrons. The van der Waals surface area contributed by atoms with Gasteiger partial charge >= 0.3 is 0 Å². The molecule has 4 heteroatoms. The lowest BCUT2D eigenvalue weighted by Crippen LogP contribution is -2.39. The quantitative estimate of drug-likeness (QED) is 0.562. The SMILES string of the molecule is Cc1ccc2[nH]c([C@]3(C)CCCN3C3=CC(c4ccccc4F)CC=C3)nc2c1C. The van der Waals surface area contributed by atoms with Gasteiger partial charge in [-0.3, -0.25) is 0 Å². The van der Waals surface area contributed by atoms with Crippen LogP contribution in [0.3, 0.4) is 0 Å². The Morgan fingerprint density at radius 2 is 2.00 bits per heavy atom. The Balaban J connectivity index is 1.54. The van der Waals surface area contributed by atoms with Crippen LogP contribution in [0, 0.1) is 19.7 Å². The van der Waals surface area contributed by atoms with Gasteiger partial charge in [0.2, 0.25) is 0 Å². The van der Waals surface area contributed by atoms with E-state index in [0.29, 0.717) is 0 Å². The summed E-state index contributed by atoms with van der Waals surface area (Å²) in [6, 6.07) is 11.4. The van der Waals surface area contributed by atoms with Crippen molar-refractivity contribution in [3.8, 4) is 0 Å². The van der Waals surface area contributed by atoms with Crippen LogP contribution in [0.1, 0.15) is 54.6 Å². The zero-order valence-corrected chi connectivity index (χ0v) is 17.9. The number of hydrogen-bond donors (Lipinski definition) is 1. The maximum absolute atomic E-state index is 14.4. The molecule has 0 amide bonds. The molecule has 2 heterocycles. The van der Waals surface area contributed by atoms with Crippen LogP contribution in [0.4, 0.5) is 4.39 Å². The van der Waals surface area contributed by atoms with Crippen molar-refractivity contribution in [2.75, 3.05) is 6.54 Å². The van der Waals surface area contributed by atoms with Crippen LogP contribution in [0.5, 0.6) is 0 Å². The fourth-order valence-corrected chi connectivity index (χ4v) is 5.03. The first-order chi connectivity index (χ1) is 14.5. The van der Waals surface area contributed by atoms with E-state index in [1.54, 1.807) is 12.1 Å². The summed E-state index contributed by atoms with van der Waals surface area (Å²) >= 11 is 0. The summed E-state index contributed by atoms with van der Waals surface area (Å²) in [5.74, 6) is 0.961. The molecule has 1 aliphatic heterocycles. The molecule has 1 fully saturated rings. The highest BCUT2D eigenvalue weighted by atomic mass is 19.1. The van der Waals surface area contributed by atoms with Gasteiger partial charge in [-0.05, 0) is 74.9 Å². The molecular weight excluding hydrogens is 373 g/mol. The number of aromatic nitrogens is 2. The predicted molar refractivity (Wildman–Crippen MR) is 120 cm³/mol. The number of nitrogens with zero attached hydrogens (tertiary/aromatic N) is 2. The van der Waals surface area contributed by atoms with E-state index < -0.39 is 0 Å². The Hall–Kier alpha value is -2.88. The van der Waals surface area contributed by atoms with Crippen LogP contribution in [-0.4, -0.2) is 21.4 Å². The summed E-state index contributed by atoms with van der Waals surface area (Å²) in [5, 5.41) is 0. The minimum absolute atomic E-state index is 0.0663. The van der Waals surface area contributed by atoms with E-state index in [-0.39, 0.29) is 17.3 Å². The van der Waals surface area contributed by atoms with Crippen LogP contribution in [-0.2, 0) is 5.54 Å². The average Bonchev–Trinajstić information content (AvgIpc) is 3.36. The van der Waals surface area contributed by atoms with Gasteiger partial charge in [0.15, 0.2) is 0 Å². The topological polar surface area (TPSA) is 31.9 Å². The van der Waals surface area contributed by atoms with Gasteiger partial charge in [-0.25, -0.2) is 9.37 Å². The maximum atomic E-state index is 14.4. The van der Waals surface area contributed by atoms with E-state index in [9.17, 15) is 4.39 Å². The van der Waals surface area contributed by atoms with Crippen molar-refractivity contribution in [2.45, 2.75) is 51.5 Å². The molecule has 5 rings (SSSR count). The highest BCUT2D eigenvalue weighted by molar-refractivity contribution is 5.80. The van der Waals surface area contributed by atoms with Crippen LogP contribution in [0.25, 0.3) is 11.0 Å². The molecule has 2 aromatic carbocycles. The number of imidazole rings is 1. The van der Waals surface area contributed by atoms with Gasteiger partial charge in [0.1, 0.15) is 11.6 Å². The van der Waals surface area contributed by atoms with Crippen molar-refractivity contribution in [1.82, 2.24) is 14.9 Å². The Morgan fingerprint density at radius 1 is 1.17 bits per heavy atom. The van der Waals surface area contributed by atoms with Gasteiger partial charge in [-0.15, -0.1) is 0 Å². The summed E-state index contributed by atoms with van der Waals surface area (Å²) in [6.07, 6.45) is 9.59. The van der Waals surface area contributed by atoms with Crippen LogP contribution >= 0.6 is 0 Å². The van der Waals surface area contributed by atoms with Crippen LogP contribution < -0.4 is 0 Å². The van der Waals surface area contributed by atoms with Crippen molar-refractivity contribution in [2.24, 2.45) is 0 Å². The van der Waals surface area contributed by atoms with E-state index >= 15 is 0 Å². The second-order valence-corrected chi connectivity index (χ2v) is 8.88. The molecule has 0 bridgehead atoms. The number of H-pyrrole nitrogens is 1. The lowest BCUT2D eigenvalue weighted by molar-refractivity contribution is 0.200. The van der Waals surface area contributed by atoms with Crippen molar-refractivity contribution < 1.29 is 4.39 Å². The second kappa shape index (κ2) is 7.12. The summed E-state index contributed by atoms with van der Waals surface area (Å²) < 4.78 is 14.4. The minimum atomic E-state index is -0.202. The number of hydrogen-bond acceptors (Lipinski definition) is 2. The third kappa shape index (κ3) is 2.97. The Labute approximate surface area is 177 Å².